The standard InChI is InChI=1S/C23H24N6O2S/c1-16-24-22-19-5-3-4-6-20(19)25-23(29(22)26-16)32-15-21(30)28-13-11-27(12-14-28)17-7-9-18(31-2)10-8-17/h3-10H,11-15H2,1-2H3. The van der Waals surface area contributed by atoms with Crippen molar-refractivity contribution in [2.24, 2.45) is 0 Å². The Morgan fingerprint density at radius 2 is 1.78 bits per heavy atom. The van der Waals surface area contributed by atoms with Crippen LogP contribution in [0.2, 0.25) is 0 Å². The van der Waals surface area contributed by atoms with Crippen LogP contribution in [0.25, 0.3) is 16.6 Å². The number of anilines is 1. The Kier molecular flexibility index (Phi) is 5.57. The van der Waals surface area contributed by atoms with Gasteiger partial charge < -0.3 is 14.5 Å². The van der Waals surface area contributed by atoms with E-state index in [0.29, 0.717) is 29.8 Å². The molecule has 1 aliphatic heterocycles. The van der Waals surface area contributed by atoms with Gasteiger partial charge in [0.1, 0.15) is 11.6 Å². The summed E-state index contributed by atoms with van der Waals surface area (Å²) < 4.78 is 6.98. The average molecular weight is 449 g/mol. The van der Waals surface area contributed by atoms with Crippen molar-refractivity contribution in [2.45, 2.75) is 12.1 Å². The number of hydrogen-bond acceptors (Lipinski definition) is 7. The quantitative estimate of drug-likeness (QED) is 0.343. The molecule has 5 rings (SSSR count). The second-order valence-corrected chi connectivity index (χ2v) is 8.60. The van der Waals surface area contributed by atoms with Gasteiger partial charge in [0.05, 0.1) is 18.4 Å². The number of ether oxygens (including phenoxy) is 1. The summed E-state index contributed by atoms with van der Waals surface area (Å²) in [6.07, 6.45) is 0. The van der Waals surface area contributed by atoms with Crippen molar-refractivity contribution in [3.05, 3.63) is 54.4 Å². The number of hydrogen-bond donors (Lipinski definition) is 0. The minimum Gasteiger partial charge on any atom is -0.497 e. The Morgan fingerprint density at radius 3 is 2.53 bits per heavy atom. The molecule has 1 saturated heterocycles. The van der Waals surface area contributed by atoms with Crippen molar-refractivity contribution < 1.29 is 9.53 Å². The minimum absolute atomic E-state index is 0.115. The zero-order valence-corrected chi connectivity index (χ0v) is 18.9. The number of nitrogens with zero attached hydrogens (tertiary/aromatic N) is 6. The second kappa shape index (κ2) is 8.66. The smallest absolute Gasteiger partial charge is 0.233 e. The van der Waals surface area contributed by atoms with Crippen LogP contribution in [-0.2, 0) is 4.79 Å². The molecule has 0 radical (unpaired) electrons. The number of thioether (sulfide) groups is 1. The average Bonchev–Trinajstić information content (AvgIpc) is 3.24. The van der Waals surface area contributed by atoms with E-state index in [2.05, 4.69) is 27.1 Å². The van der Waals surface area contributed by atoms with Crippen molar-refractivity contribution in [1.29, 1.82) is 0 Å². The van der Waals surface area contributed by atoms with E-state index in [-0.39, 0.29) is 5.91 Å². The van der Waals surface area contributed by atoms with Crippen LogP contribution in [0.15, 0.2) is 53.7 Å². The van der Waals surface area contributed by atoms with Gasteiger partial charge in [-0.2, -0.15) is 4.52 Å². The third-order valence-electron chi connectivity index (χ3n) is 5.65. The first-order chi connectivity index (χ1) is 15.6. The zero-order valence-electron chi connectivity index (χ0n) is 18.1. The van der Waals surface area contributed by atoms with Gasteiger partial charge >= 0.3 is 0 Å². The van der Waals surface area contributed by atoms with Crippen LogP contribution < -0.4 is 9.64 Å². The number of rotatable bonds is 5. The number of fused-ring (bicyclic) bond motifs is 3. The third-order valence-corrected chi connectivity index (χ3v) is 6.56. The van der Waals surface area contributed by atoms with Crippen molar-refractivity contribution >= 4 is 39.9 Å². The predicted octanol–water partition coefficient (Wildman–Crippen LogP) is 3.04. The lowest BCUT2D eigenvalue weighted by atomic mass is 10.2. The highest BCUT2D eigenvalue weighted by molar-refractivity contribution is 7.99. The van der Waals surface area contributed by atoms with Crippen LogP contribution in [-0.4, -0.2) is 69.4 Å². The van der Waals surface area contributed by atoms with Crippen LogP contribution in [0.3, 0.4) is 0 Å². The van der Waals surface area contributed by atoms with Gasteiger partial charge in [0.2, 0.25) is 5.91 Å². The van der Waals surface area contributed by atoms with Crippen molar-refractivity contribution in [1.82, 2.24) is 24.5 Å². The topological polar surface area (TPSA) is 75.9 Å². The maximum absolute atomic E-state index is 12.9. The van der Waals surface area contributed by atoms with Crippen LogP contribution >= 0.6 is 11.8 Å². The molecule has 164 valence electrons. The van der Waals surface area contributed by atoms with E-state index >= 15 is 0 Å². The summed E-state index contributed by atoms with van der Waals surface area (Å²) >= 11 is 1.41. The summed E-state index contributed by atoms with van der Waals surface area (Å²) in [5.74, 6) is 1.97. The largest absolute Gasteiger partial charge is 0.497 e. The van der Waals surface area contributed by atoms with E-state index in [9.17, 15) is 4.79 Å². The highest BCUT2D eigenvalue weighted by Crippen LogP contribution is 2.25. The fourth-order valence-corrected chi connectivity index (χ4v) is 4.80. The van der Waals surface area contributed by atoms with Gasteiger partial charge in [0.15, 0.2) is 10.8 Å². The van der Waals surface area contributed by atoms with Crippen LogP contribution in [0, 0.1) is 6.92 Å². The van der Waals surface area contributed by atoms with Gasteiger partial charge in [-0.1, -0.05) is 23.9 Å². The summed E-state index contributed by atoms with van der Waals surface area (Å²) in [4.78, 5) is 26.4. The first kappa shape index (κ1) is 20.6. The first-order valence-electron chi connectivity index (χ1n) is 10.5. The summed E-state index contributed by atoms with van der Waals surface area (Å²) in [6, 6.07) is 15.9. The molecule has 0 N–H and O–H groups in total. The molecule has 3 heterocycles. The molecule has 1 fully saturated rings. The lowest BCUT2D eigenvalue weighted by Crippen LogP contribution is -2.49. The molecular formula is C23H24N6O2S. The SMILES string of the molecule is COc1ccc(N2CCN(C(=O)CSc3nc4ccccc4c4nc(C)nn34)CC2)cc1. The zero-order chi connectivity index (χ0) is 22.1. The van der Waals surface area contributed by atoms with E-state index in [1.165, 1.54) is 11.8 Å². The van der Waals surface area contributed by atoms with Crippen molar-refractivity contribution in [2.75, 3.05) is 43.9 Å². The number of para-hydroxylation sites is 1. The Hall–Kier alpha value is -3.33. The minimum atomic E-state index is 0.115. The Morgan fingerprint density at radius 1 is 1.03 bits per heavy atom. The molecule has 0 saturated carbocycles. The maximum atomic E-state index is 12.9. The number of carbonyl (C=O) groups is 1. The number of aryl methyl sites for hydroxylation is 1. The molecule has 0 spiro atoms. The summed E-state index contributed by atoms with van der Waals surface area (Å²) in [5, 5.41) is 6.13. The predicted molar refractivity (Wildman–Crippen MR) is 126 cm³/mol. The highest BCUT2D eigenvalue weighted by Gasteiger charge is 2.22. The van der Waals surface area contributed by atoms with Gasteiger partial charge in [-0.25, -0.2) is 9.97 Å². The molecule has 2 aromatic heterocycles. The second-order valence-electron chi connectivity index (χ2n) is 7.66. The fraction of sp³-hybridized carbons (Fsp3) is 0.304. The number of piperazine rings is 1. The molecule has 8 nitrogen and oxygen atoms in total. The van der Waals surface area contributed by atoms with Gasteiger partial charge in [-0.05, 0) is 43.3 Å². The highest BCUT2D eigenvalue weighted by atomic mass is 32.2. The van der Waals surface area contributed by atoms with Gasteiger partial charge in [0.25, 0.3) is 0 Å². The van der Waals surface area contributed by atoms with Crippen molar-refractivity contribution in [3.63, 3.8) is 0 Å². The molecule has 0 atom stereocenters. The molecule has 1 amide bonds. The Bertz CT molecular complexity index is 1260. The number of amides is 1. The maximum Gasteiger partial charge on any atom is 0.233 e. The normalized spacial score (nSPS) is 14.3. The third kappa shape index (κ3) is 3.95. The molecule has 0 aliphatic carbocycles. The summed E-state index contributed by atoms with van der Waals surface area (Å²) in [6.45, 7) is 4.89. The van der Waals surface area contributed by atoms with Crippen LogP contribution in [0.1, 0.15) is 5.82 Å². The first-order valence-corrected chi connectivity index (χ1v) is 11.5. The number of aromatic nitrogens is 4. The van der Waals surface area contributed by atoms with E-state index in [4.69, 9.17) is 9.72 Å². The molecular weight excluding hydrogens is 424 g/mol. The van der Waals surface area contributed by atoms with Crippen molar-refractivity contribution in [3.8, 4) is 5.75 Å². The molecule has 9 heteroatoms. The van der Waals surface area contributed by atoms with Gasteiger partial charge in [0, 0.05) is 37.3 Å². The summed E-state index contributed by atoms with van der Waals surface area (Å²) in [7, 11) is 1.67. The molecule has 0 unspecified atom stereocenters. The number of benzene rings is 2. The fourth-order valence-electron chi connectivity index (χ4n) is 3.95. The van der Waals surface area contributed by atoms with Crippen LogP contribution in [0.4, 0.5) is 5.69 Å². The van der Waals surface area contributed by atoms with E-state index < -0.39 is 0 Å². The Balaban J connectivity index is 1.25. The molecule has 1 aliphatic rings. The lowest BCUT2D eigenvalue weighted by Gasteiger charge is -2.36. The molecule has 4 aromatic rings. The van der Waals surface area contributed by atoms with E-state index in [0.717, 1.165) is 41.1 Å². The summed E-state index contributed by atoms with van der Waals surface area (Å²) in [5.41, 5.74) is 2.78. The monoisotopic (exact) mass is 448 g/mol. The Labute approximate surface area is 190 Å². The van der Waals surface area contributed by atoms with Crippen LogP contribution in [0.5, 0.6) is 5.75 Å². The molecule has 2 aromatic carbocycles. The van der Waals surface area contributed by atoms with Gasteiger partial charge in [-0.15, -0.1) is 5.10 Å². The van der Waals surface area contributed by atoms with E-state index in [1.807, 2.05) is 48.2 Å². The van der Waals surface area contributed by atoms with E-state index in [1.54, 1.807) is 11.6 Å². The lowest BCUT2D eigenvalue weighted by molar-refractivity contribution is -0.128. The molecule has 32 heavy (non-hydrogen) atoms. The number of carbonyl (C=O) groups excluding carboxylic acids is 1. The number of methoxy groups -OCH3 is 1. The van der Waals surface area contributed by atoms with Gasteiger partial charge in [-0.3, -0.25) is 4.79 Å². The molecule has 0 bridgehead atoms.